The zero-order chi connectivity index (χ0) is 15.9. The third kappa shape index (κ3) is 2.81. The van der Waals surface area contributed by atoms with E-state index in [4.69, 9.17) is 4.74 Å². The predicted octanol–water partition coefficient (Wildman–Crippen LogP) is 3.57. The molecule has 0 spiro atoms. The van der Waals surface area contributed by atoms with Gasteiger partial charge in [0.2, 0.25) is 0 Å². The molecular formula is C16H19N3O2S2. The van der Waals surface area contributed by atoms with E-state index < -0.39 is 0 Å². The summed E-state index contributed by atoms with van der Waals surface area (Å²) >= 11 is 3.09. The fraction of sp³-hybridized carbons (Fsp3) is 0.562. The molecular weight excluding hydrogens is 330 g/mol. The first-order chi connectivity index (χ1) is 11.2. The van der Waals surface area contributed by atoms with Crippen molar-refractivity contribution >= 4 is 28.6 Å². The Bertz CT molecular complexity index is 714. The van der Waals surface area contributed by atoms with Gasteiger partial charge in [0.15, 0.2) is 0 Å². The zero-order valence-corrected chi connectivity index (χ0v) is 14.6. The van der Waals surface area contributed by atoms with E-state index >= 15 is 0 Å². The summed E-state index contributed by atoms with van der Waals surface area (Å²) in [6, 6.07) is 0. The Labute approximate surface area is 143 Å². The van der Waals surface area contributed by atoms with Crippen LogP contribution in [0.1, 0.15) is 63.6 Å². The van der Waals surface area contributed by atoms with Gasteiger partial charge in [-0.15, -0.1) is 22.7 Å². The normalized spacial score (nSPS) is 22.7. The number of aryl methyl sites for hydroxylation is 1. The van der Waals surface area contributed by atoms with E-state index in [2.05, 4.69) is 15.3 Å². The van der Waals surface area contributed by atoms with E-state index in [1.165, 1.54) is 11.3 Å². The highest BCUT2D eigenvalue weighted by Gasteiger charge is 2.43. The van der Waals surface area contributed by atoms with Crippen molar-refractivity contribution in [1.82, 2.24) is 15.3 Å². The quantitative estimate of drug-likeness (QED) is 0.916. The summed E-state index contributed by atoms with van der Waals surface area (Å²) in [7, 11) is 0. The van der Waals surface area contributed by atoms with Crippen LogP contribution in [0.2, 0.25) is 0 Å². The molecule has 3 heterocycles. The summed E-state index contributed by atoms with van der Waals surface area (Å²) in [4.78, 5) is 22.3. The van der Waals surface area contributed by atoms with E-state index in [1.807, 2.05) is 12.3 Å². The molecule has 1 atom stereocenters. The van der Waals surface area contributed by atoms with Crippen molar-refractivity contribution in [3.8, 4) is 0 Å². The maximum atomic E-state index is 12.7. The fourth-order valence-corrected chi connectivity index (χ4v) is 5.00. The van der Waals surface area contributed by atoms with Gasteiger partial charge in [0.1, 0.15) is 21.0 Å². The van der Waals surface area contributed by atoms with Crippen LogP contribution in [0, 0.1) is 6.92 Å². The Balaban J connectivity index is 1.50. The lowest BCUT2D eigenvalue weighted by molar-refractivity contribution is 0.0827. The van der Waals surface area contributed by atoms with Crippen LogP contribution in [0.25, 0.3) is 0 Å². The Morgan fingerprint density at radius 1 is 1.43 bits per heavy atom. The maximum Gasteiger partial charge on any atom is 0.263 e. The minimum absolute atomic E-state index is 0.0423. The number of carbonyl (C=O) groups is 1. The predicted molar refractivity (Wildman–Crippen MR) is 89.9 cm³/mol. The lowest BCUT2D eigenvalue weighted by atomic mass is 9.77. The zero-order valence-electron chi connectivity index (χ0n) is 13.0. The summed E-state index contributed by atoms with van der Waals surface area (Å²) in [5.74, 6) is -0.0423. The highest BCUT2D eigenvalue weighted by molar-refractivity contribution is 7.13. The number of aromatic nitrogens is 2. The summed E-state index contributed by atoms with van der Waals surface area (Å²) in [6.07, 6.45) is 6.86. The molecule has 2 aliphatic rings. The molecule has 2 fully saturated rings. The van der Waals surface area contributed by atoms with Crippen molar-refractivity contribution in [3.05, 3.63) is 32.2 Å². The monoisotopic (exact) mass is 349 g/mol. The first kappa shape index (κ1) is 15.2. The first-order valence-corrected chi connectivity index (χ1v) is 9.68. The standard InChI is InChI=1S/C16H19N3O2S2/c1-10-9-22-15(18-10)16(5-3-6-16)19-13(20)12-8-17-14(23-12)11-4-2-7-21-11/h8-9,11H,2-7H2,1H3,(H,19,20). The number of rotatable bonds is 4. The number of hydrogen-bond acceptors (Lipinski definition) is 6. The minimum Gasteiger partial charge on any atom is -0.371 e. The molecule has 1 N–H and O–H groups in total. The SMILES string of the molecule is Cc1csc(C2(NC(=O)c3cnc(C4CCCO4)s3)CCC2)n1. The lowest BCUT2D eigenvalue weighted by Crippen LogP contribution is -2.50. The van der Waals surface area contributed by atoms with Gasteiger partial charge < -0.3 is 10.1 Å². The van der Waals surface area contributed by atoms with Crippen LogP contribution in [0.4, 0.5) is 0 Å². The van der Waals surface area contributed by atoms with Gasteiger partial charge in [-0.3, -0.25) is 4.79 Å². The lowest BCUT2D eigenvalue weighted by Gasteiger charge is -2.40. The number of hydrogen-bond donors (Lipinski definition) is 1. The fourth-order valence-electron chi connectivity index (χ4n) is 3.09. The van der Waals surface area contributed by atoms with Crippen LogP contribution in [-0.2, 0) is 10.3 Å². The third-order valence-electron chi connectivity index (χ3n) is 4.54. The molecule has 1 aliphatic heterocycles. The van der Waals surface area contributed by atoms with Crippen molar-refractivity contribution in [2.45, 2.75) is 50.7 Å². The molecule has 1 amide bonds. The number of thiazole rings is 2. The van der Waals surface area contributed by atoms with Crippen LogP contribution in [0.3, 0.4) is 0 Å². The molecule has 0 aromatic carbocycles. The van der Waals surface area contributed by atoms with E-state index in [-0.39, 0.29) is 17.6 Å². The molecule has 2 aromatic heterocycles. The second-order valence-corrected chi connectivity index (χ2v) is 8.17. The number of nitrogens with zero attached hydrogens (tertiary/aromatic N) is 2. The van der Waals surface area contributed by atoms with Crippen LogP contribution < -0.4 is 5.32 Å². The summed E-state index contributed by atoms with van der Waals surface area (Å²) < 4.78 is 5.65. The van der Waals surface area contributed by atoms with E-state index in [0.29, 0.717) is 4.88 Å². The van der Waals surface area contributed by atoms with Crippen LogP contribution in [0.5, 0.6) is 0 Å². The molecule has 1 saturated carbocycles. The molecule has 122 valence electrons. The van der Waals surface area contributed by atoms with Gasteiger partial charge in [0.05, 0.1) is 11.7 Å². The molecule has 1 aliphatic carbocycles. The van der Waals surface area contributed by atoms with Gasteiger partial charge >= 0.3 is 0 Å². The van der Waals surface area contributed by atoms with Gasteiger partial charge in [-0.2, -0.15) is 0 Å². The second-order valence-electron chi connectivity index (χ2n) is 6.25. The van der Waals surface area contributed by atoms with Gasteiger partial charge in [0, 0.05) is 17.7 Å². The Hall–Kier alpha value is -1.31. The Kier molecular flexibility index (Phi) is 3.95. The molecule has 23 heavy (non-hydrogen) atoms. The molecule has 1 saturated heterocycles. The second kappa shape index (κ2) is 5.96. The number of ether oxygens (including phenoxy) is 1. The maximum absolute atomic E-state index is 12.7. The minimum atomic E-state index is -0.274. The molecule has 2 aromatic rings. The Morgan fingerprint density at radius 2 is 2.30 bits per heavy atom. The topological polar surface area (TPSA) is 64.1 Å². The number of nitrogens with one attached hydrogen (secondary N) is 1. The average molecular weight is 349 g/mol. The number of amides is 1. The molecule has 7 heteroatoms. The molecule has 5 nitrogen and oxygen atoms in total. The van der Waals surface area contributed by atoms with Crippen molar-refractivity contribution in [2.24, 2.45) is 0 Å². The van der Waals surface area contributed by atoms with Crippen molar-refractivity contribution in [2.75, 3.05) is 6.61 Å². The Morgan fingerprint density at radius 3 is 2.91 bits per heavy atom. The van der Waals surface area contributed by atoms with Crippen LogP contribution in [0.15, 0.2) is 11.6 Å². The highest BCUT2D eigenvalue weighted by atomic mass is 32.1. The van der Waals surface area contributed by atoms with E-state index in [9.17, 15) is 4.79 Å². The number of carbonyl (C=O) groups excluding carboxylic acids is 1. The van der Waals surface area contributed by atoms with Crippen LogP contribution >= 0.6 is 22.7 Å². The molecule has 0 radical (unpaired) electrons. The summed E-state index contributed by atoms with van der Waals surface area (Å²) in [5.41, 5.74) is 0.744. The van der Waals surface area contributed by atoms with Crippen molar-refractivity contribution in [3.63, 3.8) is 0 Å². The van der Waals surface area contributed by atoms with Crippen molar-refractivity contribution in [1.29, 1.82) is 0 Å². The summed E-state index contributed by atoms with van der Waals surface area (Å²) in [6.45, 7) is 2.78. The van der Waals surface area contributed by atoms with Crippen LogP contribution in [-0.4, -0.2) is 22.5 Å². The van der Waals surface area contributed by atoms with Crippen molar-refractivity contribution < 1.29 is 9.53 Å². The van der Waals surface area contributed by atoms with Gasteiger partial charge in [-0.25, -0.2) is 9.97 Å². The summed E-state index contributed by atoms with van der Waals surface area (Å²) in [5, 5.41) is 7.21. The largest absolute Gasteiger partial charge is 0.371 e. The first-order valence-electron chi connectivity index (χ1n) is 7.99. The van der Waals surface area contributed by atoms with Gasteiger partial charge in [0.25, 0.3) is 5.91 Å². The third-order valence-corrected chi connectivity index (χ3v) is 6.79. The molecule has 4 rings (SSSR count). The van der Waals surface area contributed by atoms with Gasteiger partial charge in [-0.1, -0.05) is 0 Å². The molecule has 0 bridgehead atoms. The molecule has 1 unspecified atom stereocenters. The van der Waals surface area contributed by atoms with E-state index in [0.717, 1.165) is 54.4 Å². The highest BCUT2D eigenvalue weighted by Crippen LogP contribution is 2.43. The smallest absolute Gasteiger partial charge is 0.263 e. The average Bonchev–Trinajstić information content (AvgIpc) is 3.22. The van der Waals surface area contributed by atoms with Gasteiger partial charge in [-0.05, 0) is 39.0 Å². The van der Waals surface area contributed by atoms with E-state index in [1.54, 1.807) is 17.5 Å².